The first-order chi connectivity index (χ1) is 9.97. The highest BCUT2D eigenvalue weighted by molar-refractivity contribution is 9.12. The summed E-state index contributed by atoms with van der Waals surface area (Å²) in [6, 6.07) is 5.07. The smallest absolute Gasteiger partial charge is 0.179 e. The number of nitrogens with two attached hydrogens (primary N) is 1. The van der Waals surface area contributed by atoms with Crippen LogP contribution in [0.5, 0.6) is 0 Å². The Labute approximate surface area is 139 Å². The fraction of sp³-hybridized carbons (Fsp3) is 0. The molecule has 0 amide bonds. The van der Waals surface area contributed by atoms with E-state index in [0.717, 1.165) is 19.7 Å². The Morgan fingerprint density at radius 1 is 1.14 bits per heavy atom. The maximum absolute atomic E-state index is 14.0. The number of hydrogen-bond donors (Lipinski definition) is 1. The van der Waals surface area contributed by atoms with Gasteiger partial charge in [0.25, 0.3) is 0 Å². The summed E-state index contributed by atoms with van der Waals surface area (Å²) >= 11 is 8.20. The fourth-order valence-corrected chi connectivity index (χ4v) is 4.73. The maximum atomic E-state index is 14.0. The molecule has 0 aliphatic carbocycles. The molecule has 0 aliphatic heterocycles. The largest absolute Gasteiger partial charge is 0.380 e. The van der Waals surface area contributed by atoms with Crippen molar-refractivity contribution < 1.29 is 13.3 Å². The molecule has 0 radical (unpaired) electrons. The van der Waals surface area contributed by atoms with Crippen molar-refractivity contribution in [3.8, 4) is 22.5 Å². The van der Waals surface area contributed by atoms with Gasteiger partial charge < -0.3 is 10.3 Å². The molecule has 2 aromatic heterocycles. The van der Waals surface area contributed by atoms with E-state index in [4.69, 9.17) is 10.3 Å². The Balaban J connectivity index is 2.24. The summed E-state index contributed by atoms with van der Waals surface area (Å²) in [5.41, 5.74) is 6.92. The van der Waals surface area contributed by atoms with Crippen molar-refractivity contribution >= 4 is 49.0 Å². The minimum absolute atomic E-state index is 0.0460. The van der Waals surface area contributed by atoms with E-state index in [9.17, 15) is 8.78 Å². The third-order valence-electron chi connectivity index (χ3n) is 2.82. The van der Waals surface area contributed by atoms with Gasteiger partial charge in [-0.1, -0.05) is 5.16 Å². The summed E-state index contributed by atoms with van der Waals surface area (Å²) in [5.74, 6) is -1.01. The van der Waals surface area contributed by atoms with Gasteiger partial charge in [0.05, 0.1) is 13.1 Å². The van der Waals surface area contributed by atoms with Crippen LogP contribution in [0.15, 0.2) is 36.4 Å². The highest BCUT2D eigenvalue weighted by atomic mass is 79.9. The van der Waals surface area contributed by atoms with Crippen molar-refractivity contribution in [1.82, 2.24) is 5.16 Å². The van der Waals surface area contributed by atoms with E-state index in [-0.39, 0.29) is 11.4 Å². The summed E-state index contributed by atoms with van der Waals surface area (Å²) in [6.45, 7) is 0. The zero-order chi connectivity index (χ0) is 15.1. The molecule has 108 valence electrons. The van der Waals surface area contributed by atoms with Crippen LogP contribution < -0.4 is 5.73 Å². The standard InChI is InChI=1S/C13H6Br2F2N2OS/c14-9-4-7(12(15)21-9)11-10(13(18)19-20-11)6-2-1-5(16)3-8(6)17/h1-4H,(H2,18,19). The van der Waals surface area contributed by atoms with E-state index in [2.05, 4.69) is 37.0 Å². The summed E-state index contributed by atoms with van der Waals surface area (Å²) < 4.78 is 34.0. The molecule has 0 unspecified atom stereocenters. The van der Waals surface area contributed by atoms with E-state index < -0.39 is 11.6 Å². The number of nitrogen functional groups attached to an aromatic ring is 1. The molecule has 3 nitrogen and oxygen atoms in total. The predicted octanol–water partition coefficient (Wildman–Crippen LogP) is 5.46. The summed E-state index contributed by atoms with van der Waals surface area (Å²) in [7, 11) is 0. The van der Waals surface area contributed by atoms with Crippen LogP contribution in [0.3, 0.4) is 0 Å². The lowest BCUT2D eigenvalue weighted by Gasteiger charge is -2.04. The minimum atomic E-state index is -0.725. The molecule has 8 heteroatoms. The monoisotopic (exact) mass is 434 g/mol. The molecule has 0 atom stereocenters. The van der Waals surface area contributed by atoms with Gasteiger partial charge in [0.2, 0.25) is 0 Å². The average molecular weight is 436 g/mol. The summed E-state index contributed by atoms with van der Waals surface area (Å²) in [4.78, 5) is 0. The molecule has 1 aromatic carbocycles. The number of rotatable bonds is 2. The molecule has 3 rings (SSSR count). The first-order valence-electron chi connectivity index (χ1n) is 5.63. The molecule has 0 aliphatic rings. The van der Waals surface area contributed by atoms with Gasteiger partial charge in [0, 0.05) is 17.2 Å². The first kappa shape index (κ1) is 14.7. The number of hydrogen-bond acceptors (Lipinski definition) is 4. The van der Waals surface area contributed by atoms with Gasteiger partial charge in [-0.2, -0.15) is 0 Å². The van der Waals surface area contributed by atoms with Crippen LogP contribution in [0, 0.1) is 11.6 Å². The molecule has 0 bridgehead atoms. The second-order valence-corrected chi connectivity index (χ2v) is 7.88. The number of nitrogens with zero attached hydrogens (tertiary/aromatic N) is 1. The number of halogens is 4. The Bertz CT molecular complexity index is 832. The molecule has 0 saturated carbocycles. The number of aromatic nitrogens is 1. The van der Waals surface area contributed by atoms with Crippen molar-refractivity contribution in [1.29, 1.82) is 0 Å². The molecule has 2 heterocycles. The van der Waals surface area contributed by atoms with E-state index >= 15 is 0 Å². The van der Waals surface area contributed by atoms with Gasteiger partial charge in [0.15, 0.2) is 11.6 Å². The van der Waals surface area contributed by atoms with Crippen LogP contribution >= 0.6 is 43.2 Å². The van der Waals surface area contributed by atoms with Crippen molar-refractivity contribution in [3.63, 3.8) is 0 Å². The van der Waals surface area contributed by atoms with Crippen molar-refractivity contribution in [2.75, 3.05) is 5.73 Å². The van der Waals surface area contributed by atoms with Crippen molar-refractivity contribution in [2.24, 2.45) is 0 Å². The van der Waals surface area contributed by atoms with Crippen molar-refractivity contribution in [3.05, 3.63) is 43.5 Å². The van der Waals surface area contributed by atoms with Crippen LogP contribution in [0.25, 0.3) is 22.5 Å². The van der Waals surface area contributed by atoms with Gasteiger partial charge in [-0.3, -0.25) is 0 Å². The molecular weight excluding hydrogens is 430 g/mol. The van der Waals surface area contributed by atoms with E-state index in [1.54, 1.807) is 6.07 Å². The van der Waals surface area contributed by atoms with Crippen LogP contribution in [0.1, 0.15) is 0 Å². The molecule has 3 aromatic rings. The summed E-state index contributed by atoms with van der Waals surface area (Å²) in [5, 5.41) is 3.69. The molecule has 0 fully saturated rings. The van der Waals surface area contributed by atoms with E-state index in [1.165, 1.54) is 17.4 Å². The van der Waals surface area contributed by atoms with Gasteiger partial charge in [-0.05, 0) is 50.1 Å². The average Bonchev–Trinajstić information content (AvgIpc) is 2.93. The molecular formula is C13H6Br2F2N2OS. The third-order valence-corrected chi connectivity index (χ3v) is 5.16. The number of anilines is 1. The lowest BCUT2D eigenvalue weighted by atomic mass is 10.0. The zero-order valence-electron chi connectivity index (χ0n) is 10.2. The number of benzene rings is 1. The van der Waals surface area contributed by atoms with Gasteiger partial charge in [-0.25, -0.2) is 8.78 Å². The Hall–Kier alpha value is -1.25. The SMILES string of the molecule is Nc1noc(-c2cc(Br)sc2Br)c1-c1ccc(F)cc1F. The van der Waals surface area contributed by atoms with E-state index in [1.807, 2.05) is 0 Å². The lowest BCUT2D eigenvalue weighted by Crippen LogP contribution is -1.92. The normalized spacial score (nSPS) is 11.0. The van der Waals surface area contributed by atoms with Gasteiger partial charge >= 0.3 is 0 Å². The van der Waals surface area contributed by atoms with Crippen LogP contribution in [-0.4, -0.2) is 5.16 Å². The zero-order valence-corrected chi connectivity index (χ0v) is 14.2. The Morgan fingerprint density at radius 2 is 1.90 bits per heavy atom. The van der Waals surface area contributed by atoms with Gasteiger partial charge in [0.1, 0.15) is 11.6 Å². The third kappa shape index (κ3) is 2.63. The number of thiophene rings is 1. The van der Waals surface area contributed by atoms with Crippen molar-refractivity contribution in [2.45, 2.75) is 0 Å². The van der Waals surface area contributed by atoms with E-state index in [0.29, 0.717) is 16.9 Å². The molecule has 2 N–H and O–H groups in total. The van der Waals surface area contributed by atoms with Crippen LogP contribution in [0.4, 0.5) is 14.6 Å². The Morgan fingerprint density at radius 3 is 2.52 bits per heavy atom. The predicted molar refractivity (Wildman–Crippen MR) is 85.0 cm³/mol. The second kappa shape index (κ2) is 5.51. The molecule has 0 spiro atoms. The topological polar surface area (TPSA) is 52.0 Å². The van der Waals surface area contributed by atoms with Crippen LogP contribution in [0.2, 0.25) is 0 Å². The van der Waals surface area contributed by atoms with Gasteiger partial charge in [-0.15, -0.1) is 11.3 Å². The second-order valence-electron chi connectivity index (χ2n) is 4.13. The van der Waals surface area contributed by atoms with Crippen LogP contribution in [-0.2, 0) is 0 Å². The highest BCUT2D eigenvalue weighted by Crippen LogP contribution is 2.44. The highest BCUT2D eigenvalue weighted by Gasteiger charge is 2.23. The summed E-state index contributed by atoms with van der Waals surface area (Å²) in [6.07, 6.45) is 0. The Kier molecular flexibility index (Phi) is 3.85. The first-order valence-corrected chi connectivity index (χ1v) is 8.03. The minimum Gasteiger partial charge on any atom is -0.380 e. The lowest BCUT2D eigenvalue weighted by molar-refractivity contribution is 0.436. The fourth-order valence-electron chi connectivity index (χ4n) is 1.93. The molecule has 0 saturated heterocycles. The quantitative estimate of drug-likeness (QED) is 0.581. The maximum Gasteiger partial charge on any atom is 0.179 e. The molecule has 21 heavy (non-hydrogen) atoms.